The molecule has 8 atom stereocenters. The van der Waals surface area contributed by atoms with Crippen molar-refractivity contribution in [2.24, 2.45) is 5.11 Å². The van der Waals surface area contributed by atoms with Gasteiger partial charge in [0.1, 0.15) is 56.2 Å². The molecule has 0 saturated carbocycles. The summed E-state index contributed by atoms with van der Waals surface area (Å²) in [7, 11) is 0.980. The van der Waals surface area contributed by atoms with E-state index < -0.39 is 138 Å². The van der Waals surface area contributed by atoms with Crippen molar-refractivity contribution < 1.29 is 113 Å². The summed E-state index contributed by atoms with van der Waals surface area (Å²) in [5, 5.41) is 26.6. The molecule has 4 aromatic carbocycles. The topological polar surface area (TPSA) is 330 Å². The number of carboxylic acid groups (broad SMARTS) is 2. The molecule has 33 heteroatoms. The molecule has 3 heterocycles. The number of hydrogen-bond acceptors (Lipinski definition) is 21. The standard InChI is InChI=1S/C26H24F3N3O7S.C18H21N3O7S.C11H11F3Si.2C2H4O2/c1-13(33)37-12-22-25(38-14(2)34)21(10-23(39-22)40-17-6-4-5-15(7-17)26(35)36-3)32-11-20(30-31-32)16-8-18(27)24(29)19(28)9-16;1-10(22)26-9-15-17(27-11(2)23)14(20-21-19)8-16(28-15)29-13-6-4-5-12(7-13)18(24)25-3;1-15(2,3)5-4-8-6-9(12)11(14)10(13)7-8;2*1-2(3)4/h4-9,11,21-23,25H,10,12H2,1-3H3;4-7,14-17H,8-9H2,1-3H3;6-7H,1-3H3;2*1H3,(H,3,4)/t21-,22?,23-,25-;14-,15?,16-,17-;;;/m11.../s1. The van der Waals surface area contributed by atoms with Gasteiger partial charge in [-0.25, -0.2) is 40.6 Å². The number of methoxy groups -OCH3 is 2. The lowest BCUT2D eigenvalue weighted by molar-refractivity contribution is -0.182. The van der Waals surface area contributed by atoms with Crippen molar-refractivity contribution in [1.82, 2.24) is 15.0 Å². The van der Waals surface area contributed by atoms with Gasteiger partial charge in [-0.1, -0.05) is 71.5 Å². The number of aliphatic carboxylic acids is 2. The Kier molecular flexibility index (Phi) is 31.4. The van der Waals surface area contributed by atoms with E-state index in [0.29, 0.717) is 16.0 Å². The smallest absolute Gasteiger partial charge is 0.337 e. The van der Waals surface area contributed by atoms with Crippen molar-refractivity contribution in [2.45, 2.75) is 131 Å². The van der Waals surface area contributed by atoms with Crippen LogP contribution < -0.4 is 0 Å². The van der Waals surface area contributed by atoms with E-state index >= 15 is 0 Å². The van der Waals surface area contributed by atoms with Crippen LogP contribution in [0.3, 0.4) is 0 Å². The zero-order valence-electron chi connectivity index (χ0n) is 51.1. The predicted octanol–water partition coefficient (Wildman–Crippen LogP) is 10.5. The van der Waals surface area contributed by atoms with Gasteiger partial charge < -0.3 is 48.1 Å². The van der Waals surface area contributed by atoms with Gasteiger partial charge in [-0.05, 0) is 72.6 Å². The number of nitrogens with zero attached hydrogens (tertiary/aromatic N) is 6. The number of carbonyl (C=O) groups excluding carboxylic acids is 6. The summed E-state index contributed by atoms with van der Waals surface area (Å²) in [5.74, 6) is -10.5. The van der Waals surface area contributed by atoms with Crippen molar-refractivity contribution in [3.8, 4) is 22.7 Å². The average molecular weight is 1350 g/mol. The van der Waals surface area contributed by atoms with Crippen molar-refractivity contribution in [1.29, 1.82) is 0 Å². The normalized spacial score (nSPS) is 18.6. The summed E-state index contributed by atoms with van der Waals surface area (Å²) in [5.41, 5.74) is 11.6. The third-order valence-corrected chi connectivity index (χ3v) is 14.5. The van der Waals surface area contributed by atoms with Crippen LogP contribution in [0, 0.1) is 46.4 Å². The van der Waals surface area contributed by atoms with Crippen LogP contribution in [0.4, 0.5) is 26.3 Å². The average Bonchev–Trinajstić information content (AvgIpc) is 1.45. The van der Waals surface area contributed by atoms with Gasteiger partial charge >= 0.3 is 35.8 Å². The molecule has 5 aromatic rings. The highest BCUT2D eigenvalue weighted by Gasteiger charge is 2.45. The molecule has 2 aliphatic heterocycles. The second-order valence-electron chi connectivity index (χ2n) is 20.2. The monoisotopic (exact) mass is 1350 g/mol. The second kappa shape index (κ2) is 37.4. The number of carboxylic acids is 2. The number of ether oxygens (including phenoxy) is 8. The maximum atomic E-state index is 13.8. The van der Waals surface area contributed by atoms with Crippen LogP contribution in [-0.4, -0.2) is 150 Å². The molecule has 0 amide bonds. The fourth-order valence-corrected chi connectivity index (χ4v) is 10.7. The lowest BCUT2D eigenvalue weighted by Crippen LogP contribution is -2.50. The molecule has 2 aliphatic rings. The summed E-state index contributed by atoms with van der Waals surface area (Å²) < 4.78 is 123. The SMILES string of the molecule is CC(=O)O.CC(=O)O.COC(=O)c1cccc(S[C@@H]2C[C@@H](N=[N+]=[N-])[C@@H](OC(C)=O)C(COC(C)=O)O2)c1.COC(=O)c1cccc(S[C@@H]2C[C@@H](n3cc(-c4cc(F)c(F)c(F)c4)nn3)[C@@H](OC(C)=O)C(COC(C)=O)O2)c1.C[Si](C)(C)C#Cc1cc(F)c(F)c(F)c1. The first-order chi connectivity index (χ1) is 43.1. The molecule has 2 unspecified atom stereocenters. The minimum absolute atomic E-state index is 0.0392. The van der Waals surface area contributed by atoms with Gasteiger partial charge in [0.15, 0.2) is 41.0 Å². The second-order valence-corrected chi connectivity index (χ2v) is 27.4. The van der Waals surface area contributed by atoms with Crippen LogP contribution >= 0.6 is 23.5 Å². The number of aromatic nitrogens is 3. The minimum Gasteiger partial charge on any atom is -0.481 e. The molecule has 24 nitrogen and oxygen atoms in total. The van der Waals surface area contributed by atoms with E-state index in [0.717, 1.165) is 43.0 Å². The van der Waals surface area contributed by atoms with Crippen LogP contribution in [0.2, 0.25) is 19.6 Å². The summed E-state index contributed by atoms with van der Waals surface area (Å²) in [6, 6.07) is 15.4. The summed E-state index contributed by atoms with van der Waals surface area (Å²) in [4.78, 5) is 92.2. The first-order valence-corrected chi connectivity index (χ1v) is 32.2. The summed E-state index contributed by atoms with van der Waals surface area (Å²) >= 11 is 2.56. The highest BCUT2D eigenvalue weighted by Crippen LogP contribution is 2.40. The fraction of sp³-hybridized carbons (Fsp3) is 0.390. The van der Waals surface area contributed by atoms with Crippen molar-refractivity contribution >= 4 is 79.4 Å². The lowest BCUT2D eigenvalue weighted by Gasteiger charge is -2.40. The quantitative estimate of drug-likeness (QED) is 0.0113. The van der Waals surface area contributed by atoms with Gasteiger partial charge in [0.25, 0.3) is 11.9 Å². The molecule has 2 saturated heterocycles. The molecule has 0 bridgehead atoms. The van der Waals surface area contributed by atoms with Crippen molar-refractivity contribution in [3.05, 3.63) is 141 Å². The Morgan fingerprint density at radius 3 is 1.50 bits per heavy atom. The van der Waals surface area contributed by atoms with Crippen LogP contribution in [0.1, 0.15) is 86.7 Å². The largest absolute Gasteiger partial charge is 0.481 e. The van der Waals surface area contributed by atoms with E-state index in [1.165, 1.54) is 76.3 Å². The number of halogens is 6. The van der Waals surface area contributed by atoms with Gasteiger partial charge in [-0.15, -0.1) is 10.6 Å². The van der Waals surface area contributed by atoms with E-state index in [4.69, 9.17) is 63.2 Å². The molecular weight excluding hydrogens is 1290 g/mol. The molecule has 2 fully saturated rings. The van der Waals surface area contributed by atoms with Crippen LogP contribution in [-0.2, 0) is 66.7 Å². The van der Waals surface area contributed by atoms with Gasteiger partial charge in [0.05, 0.1) is 43.6 Å². The van der Waals surface area contributed by atoms with E-state index in [1.807, 2.05) is 19.6 Å². The molecular formula is C59H64F6N6O18S2Si. The Bertz CT molecular complexity index is 3480. The predicted molar refractivity (Wildman–Crippen MR) is 319 cm³/mol. The Labute approximate surface area is 532 Å². The van der Waals surface area contributed by atoms with Crippen LogP contribution in [0.25, 0.3) is 21.7 Å². The van der Waals surface area contributed by atoms with Crippen LogP contribution in [0.15, 0.2) is 93.9 Å². The number of esters is 6. The molecule has 1 aromatic heterocycles. The van der Waals surface area contributed by atoms with Crippen LogP contribution in [0.5, 0.6) is 0 Å². The molecule has 0 radical (unpaired) electrons. The first-order valence-electron chi connectivity index (χ1n) is 26.9. The highest BCUT2D eigenvalue weighted by atomic mass is 32.2. The maximum absolute atomic E-state index is 13.8. The number of hydrogen-bond donors (Lipinski definition) is 2. The molecule has 92 heavy (non-hydrogen) atoms. The third kappa shape index (κ3) is 26.9. The van der Waals surface area contributed by atoms with Gasteiger partial charge in [0, 0.05) is 73.8 Å². The molecule has 7 rings (SSSR count). The van der Waals surface area contributed by atoms with Crippen molar-refractivity contribution in [2.75, 3.05) is 27.4 Å². The van der Waals surface area contributed by atoms with E-state index in [1.54, 1.807) is 48.5 Å². The zero-order valence-corrected chi connectivity index (χ0v) is 53.8. The Balaban J connectivity index is 0.000000368. The Hall–Kier alpha value is -8.93. The number of carbonyl (C=O) groups is 8. The van der Waals surface area contributed by atoms with E-state index in [9.17, 15) is 55.1 Å². The minimum atomic E-state index is -1.61. The molecule has 496 valence electrons. The first kappa shape index (κ1) is 77.3. The van der Waals surface area contributed by atoms with Gasteiger partial charge in [-0.3, -0.25) is 28.8 Å². The van der Waals surface area contributed by atoms with E-state index in [2.05, 4.69) is 31.8 Å². The maximum Gasteiger partial charge on any atom is 0.337 e. The number of rotatable bonds is 15. The Morgan fingerprint density at radius 2 is 1.09 bits per heavy atom. The summed E-state index contributed by atoms with van der Waals surface area (Å²) in [6.45, 7) is 12.7. The molecule has 0 aliphatic carbocycles. The fourth-order valence-electron chi connectivity index (χ4n) is 7.86. The number of thioether (sulfide) groups is 2. The summed E-state index contributed by atoms with van der Waals surface area (Å²) in [6.07, 6.45) is -1.80. The number of azide groups is 1. The zero-order chi connectivity index (χ0) is 69.2. The lowest BCUT2D eigenvalue weighted by atomic mass is 9.99. The van der Waals surface area contributed by atoms with Crippen molar-refractivity contribution in [3.63, 3.8) is 0 Å². The van der Waals surface area contributed by atoms with E-state index in [-0.39, 0.29) is 42.9 Å². The highest BCUT2D eigenvalue weighted by molar-refractivity contribution is 8.00. The number of benzene rings is 4. The Morgan fingerprint density at radius 1 is 0.663 bits per heavy atom. The molecule has 0 spiro atoms. The van der Waals surface area contributed by atoms with Gasteiger partial charge in [0.2, 0.25) is 0 Å². The molecule has 2 N–H and O–H groups in total. The third-order valence-electron chi connectivity index (χ3n) is 11.5. The van der Waals surface area contributed by atoms with Gasteiger partial charge in [-0.2, -0.15) is 0 Å².